The minimum Gasteiger partial charge on any atom is -0.481 e. The van der Waals surface area contributed by atoms with Crippen LogP contribution in [0.25, 0.3) is 0 Å². The number of aliphatic carboxylic acids is 3. The van der Waals surface area contributed by atoms with E-state index in [4.69, 9.17) is 0 Å². The highest BCUT2D eigenvalue weighted by molar-refractivity contribution is 5.70. The molecule has 7 heteroatoms. The van der Waals surface area contributed by atoms with E-state index in [-0.39, 0.29) is 24.1 Å². The Hall–Kier alpha value is -1.89. The second-order valence-electron chi connectivity index (χ2n) is 12.7. The van der Waals surface area contributed by atoms with Crippen LogP contribution in [0.5, 0.6) is 0 Å². The normalized spacial score (nSPS) is 15.4. The minimum absolute atomic E-state index is 0.225. The molecule has 7 nitrogen and oxygen atoms in total. The standard InChI is InChI=1S/C34H63NO6/c1-5-6-7-8-9-10-11-12-13-14-15-16-17-18-19-20-21-22-23-24-25-35(26-29(2)32(36)37,27-30(3)33(38)39)28-31(4)34(40)41/h11-12,29-31H,5-10,13-28H2,1-4H3,(H2-,36,37,38,39,40,41)/p+1/b12-11+. The average Bonchev–Trinajstić information content (AvgIpc) is 2.91. The molecule has 0 aliphatic rings. The van der Waals surface area contributed by atoms with Crippen molar-refractivity contribution in [2.45, 2.75) is 143 Å². The van der Waals surface area contributed by atoms with Gasteiger partial charge >= 0.3 is 17.9 Å². The van der Waals surface area contributed by atoms with Gasteiger partial charge in [0.2, 0.25) is 0 Å². The van der Waals surface area contributed by atoms with E-state index in [1.165, 1.54) is 96.3 Å². The molecular formula is C34H64NO6+. The van der Waals surface area contributed by atoms with Crippen molar-refractivity contribution in [3.8, 4) is 0 Å². The Labute approximate surface area is 251 Å². The number of rotatable bonds is 29. The molecule has 0 aromatic carbocycles. The van der Waals surface area contributed by atoms with Gasteiger partial charge in [-0.15, -0.1) is 0 Å². The van der Waals surface area contributed by atoms with Crippen LogP contribution in [0.2, 0.25) is 0 Å². The van der Waals surface area contributed by atoms with Crippen molar-refractivity contribution in [3.05, 3.63) is 12.2 Å². The van der Waals surface area contributed by atoms with Gasteiger partial charge in [-0.3, -0.25) is 14.4 Å². The molecule has 0 bridgehead atoms. The van der Waals surface area contributed by atoms with Crippen molar-refractivity contribution in [1.29, 1.82) is 0 Å². The smallest absolute Gasteiger partial charge is 0.311 e. The summed E-state index contributed by atoms with van der Waals surface area (Å²) in [6, 6.07) is 0. The van der Waals surface area contributed by atoms with E-state index < -0.39 is 35.7 Å². The zero-order valence-corrected chi connectivity index (χ0v) is 27.0. The summed E-state index contributed by atoms with van der Waals surface area (Å²) < 4.78 is 0.225. The summed E-state index contributed by atoms with van der Waals surface area (Å²) in [6.07, 6.45) is 27.1. The number of carboxylic acid groups (broad SMARTS) is 3. The third-order valence-corrected chi connectivity index (χ3v) is 8.39. The van der Waals surface area contributed by atoms with E-state index in [0.29, 0.717) is 6.54 Å². The van der Waals surface area contributed by atoms with Crippen LogP contribution in [0.3, 0.4) is 0 Å². The van der Waals surface area contributed by atoms with Crippen LogP contribution in [0.4, 0.5) is 0 Å². The van der Waals surface area contributed by atoms with Crippen molar-refractivity contribution in [3.63, 3.8) is 0 Å². The van der Waals surface area contributed by atoms with Crippen LogP contribution >= 0.6 is 0 Å². The summed E-state index contributed by atoms with van der Waals surface area (Å²) in [6.45, 7) is 8.50. The maximum atomic E-state index is 11.6. The zero-order valence-electron chi connectivity index (χ0n) is 27.0. The minimum atomic E-state index is -0.932. The van der Waals surface area contributed by atoms with E-state index in [2.05, 4.69) is 19.1 Å². The fourth-order valence-corrected chi connectivity index (χ4v) is 5.88. The maximum absolute atomic E-state index is 11.6. The highest BCUT2D eigenvalue weighted by Gasteiger charge is 2.38. The Morgan fingerprint density at radius 3 is 1.12 bits per heavy atom. The predicted molar refractivity (Wildman–Crippen MR) is 168 cm³/mol. The van der Waals surface area contributed by atoms with Gasteiger partial charge in [0, 0.05) is 0 Å². The molecule has 0 rings (SSSR count). The van der Waals surface area contributed by atoms with Crippen LogP contribution in [0, 0.1) is 17.8 Å². The Balaban J connectivity index is 4.25. The second-order valence-corrected chi connectivity index (χ2v) is 12.7. The number of nitrogens with zero attached hydrogens (tertiary/aromatic N) is 1. The van der Waals surface area contributed by atoms with Crippen molar-refractivity contribution in [1.82, 2.24) is 0 Å². The van der Waals surface area contributed by atoms with E-state index in [9.17, 15) is 29.7 Å². The highest BCUT2D eigenvalue weighted by atomic mass is 16.4. The highest BCUT2D eigenvalue weighted by Crippen LogP contribution is 2.22. The number of unbranched alkanes of at least 4 members (excludes halogenated alkanes) is 16. The average molecular weight is 583 g/mol. The Morgan fingerprint density at radius 2 is 0.805 bits per heavy atom. The molecule has 0 aliphatic carbocycles. The first-order valence-corrected chi connectivity index (χ1v) is 16.7. The van der Waals surface area contributed by atoms with Crippen LogP contribution in [0.15, 0.2) is 12.2 Å². The molecule has 3 atom stereocenters. The second kappa shape index (κ2) is 24.7. The SMILES string of the molecule is CCCCCCC/C=C/CCCCCCCCCCCCC[N+](CC(C)C(=O)O)(CC(C)C(=O)O)CC(C)C(=O)O. The fraction of sp³-hybridized carbons (Fsp3) is 0.853. The van der Waals surface area contributed by atoms with Gasteiger partial charge in [0.1, 0.15) is 17.8 Å². The molecular weight excluding hydrogens is 518 g/mol. The zero-order chi connectivity index (χ0) is 30.9. The Morgan fingerprint density at radius 1 is 0.512 bits per heavy atom. The first-order valence-electron chi connectivity index (χ1n) is 16.7. The van der Waals surface area contributed by atoms with Crippen molar-refractivity contribution >= 4 is 17.9 Å². The van der Waals surface area contributed by atoms with Crippen LogP contribution < -0.4 is 0 Å². The molecule has 0 heterocycles. The number of quaternary nitrogens is 1. The summed E-state index contributed by atoms with van der Waals surface area (Å²) in [7, 11) is 0. The summed E-state index contributed by atoms with van der Waals surface area (Å²) in [5, 5.41) is 28.6. The molecule has 0 amide bonds. The summed E-state index contributed by atoms with van der Waals surface area (Å²) in [4.78, 5) is 34.9. The number of allylic oxidation sites excluding steroid dienone is 2. The third kappa shape index (κ3) is 21.5. The number of carboxylic acids is 3. The molecule has 240 valence electrons. The Kier molecular flexibility index (Phi) is 23.5. The lowest BCUT2D eigenvalue weighted by molar-refractivity contribution is -0.934. The van der Waals surface area contributed by atoms with Crippen molar-refractivity contribution in [2.75, 3.05) is 26.2 Å². The summed E-state index contributed by atoms with van der Waals surface area (Å²) >= 11 is 0. The molecule has 0 fully saturated rings. The monoisotopic (exact) mass is 582 g/mol. The van der Waals surface area contributed by atoms with Gasteiger partial charge in [0.05, 0.1) is 26.2 Å². The molecule has 41 heavy (non-hydrogen) atoms. The molecule has 0 spiro atoms. The van der Waals surface area contributed by atoms with E-state index in [0.717, 1.165) is 19.3 Å². The lowest BCUT2D eigenvalue weighted by Crippen LogP contribution is -2.57. The molecule has 3 unspecified atom stereocenters. The van der Waals surface area contributed by atoms with Gasteiger partial charge in [-0.2, -0.15) is 0 Å². The first-order chi connectivity index (χ1) is 19.5. The van der Waals surface area contributed by atoms with Gasteiger partial charge < -0.3 is 19.8 Å². The Bertz CT molecular complexity index is 667. The quantitative estimate of drug-likeness (QED) is 0.0463. The molecule has 3 N–H and O–H groups in total. The van der Waals surface area contributed by atoms with Gasteiger partial charge in [0.15, 0.2) is 0 Å². The molecule has 0 radical (unpaired) electrons. The molecule has 0 saturated carbocycles. The topological polar surface area (TPSA) is 112 Å². The van der Waals surface area contributed by atoms with E-state index in [1.807, 2.05) is 0 Å². The van der Waals surface area contributed by atoms with Crippen LogP contribution in [-0.4, -0.2) is 63.9 Å². The fourth-order valence-electron chi connectivity index (χ4n) is 5.88. The van der Waals surface area contributed by atoms with Gasteiger partial charge in [-0.05, 0) is 59.3 Å². The molecule has 0 aromatic rings. The van der Waals surface area contributed by atoms with Crippen molar-refractivity contribution < 1.29 is 34.2 Å². The van der Waals surface area contributed by atoms with E-state index >= 15 is 0 Å². The third-order valence-electron chi connectivity index (χ3n) is 8.39. The van der Waals surface area contributed by atoms with Crippen LogP contribution in [-0.2, 0) is 14.4 Å². The summed E-state index contributed by atoms with van der Waals surface area (Å²) in [5.74, 6) is -4.80. The van der Waals surface area contributed by atoms with Gasteiger partial charge in [0.25, 0.3) is 0 Å². The largest absolute Gasteiger partial charge is 0.481 e. The summed E-state index contributed by atoms with van der Waals surface area (Å²) in [5.41, 5.74) is 0. The van der Waals surface area contributed by atoms with E-state index in [1.54, 1.807) is 20.8 Å². The maximum Gasteiger partial charge on any atom is 0.311 e. The van der Waals surface area contributed by atoms with Crippen molar-refractivity contribution in [2.24, 2.45) is 17.8 Å². The number of carbonyl (C=O) groups is 3. The predicted octanol–water partition coefficient (Wildman–Crippen LogP) is 8.56. The van der Waals surface area contributed by atoms with Gasteiger partial charge in [-0.1, -0.05) is 96.1 Å². The van der Waals surface area contributed by atoms with Gasteiger partial charge in [-0.25, -0.2) is 0 Å². The first kappa shape index (κ1) is 39.1. The molecule has 0 aliphatic heterocycles. The number of hydrogen-bond donors (Lipinski definition) is 3. The molecule has 0 saturated heterocycles. The lowest BCUT2D eigenvalue weighted by Gasteiger charge is -2.42. The lowest BCUT2D eigenvalue weighted by atomic mass is 10.00. The van der Waals surface area contributed by atoms with Crippen LogP contribution in [0.1, 0.15) is 143 Å². The molecule has 0 aromatic heterocycles. The number of hydrogen-bond acceptors (Lipinski definition) is 3.